The first-order valence-electron chi connectivity index (χ1n) is 7.11. The van der Waals surface area contributed by atoms with Crippen molar-refractivity contribution in [1.82, 2.24) is 4.98 Å². The molecule has 0 radical (unpaired) electrons. The molecule has 4 heteroatoms. The van der Waals surface area contributed by atoms with Crippen molar-refractivity contribution in [2.45, 2.75) is 55.6 Å². The third-order valence-electron chi connectivity index (χ3n) is 4.20. The average Bonchev–Trinajstić information content (AvgIpc) is 2.88. The Morgan fingerprint density at radius 2 is 2.21 bits per heavy atom. The molecule has 0 amide bonds. The monoisotopic (exact) mass is 325 g/mol. The van der Waals surface area contributed by atoms with E-state index in [-0.39, 0.29) is 11.7 Å². The van der Waals surface area contributed by atoms with E-state index in [2.05, 4.69) is 20.9 Å². The third kappa shape index (κ3) is 3.11. The van der Waals surface area contributed by atoms with Crippen LogP contribution in [0.25, 0.3) is 0 Å². The molecule has 1 aliphatic carbocycles. The van der Waals surface area contributed by atoms with Crippen molar-refractivity contribution < 1.29 is 9.47 Å². The van der Waals surface area contributed by atoms with Crippen LogP contribution in [0.15, 0.2) is 18.3 Å². The SMILES string of the molecule is BrCc1ccc(OC2CCOC3(CCCC3)C2)cn1. The van der Waals surface area contributed by atoms with Crippen LogP contribution in [0, 0.1) is 0 Å². The molecule has 19 heavy (non-hydrogen) atoms. The van der Waals surface area contributed by atoms with E-state index >= 15 is 0 Å². The second kappa shape index (κ2) is 5.80. The van der Waals surface area contributed by atoms with Gasteiger partial charge in [0, 0.05) is 18.2 Å². The van der Waals surface area contributed by atoms with Crippen LogP contribution in [0.4, 0.5) is 0 Å². The fraction of sp³-hybridized carbons (Fsp3) is 0.667. The van der Waals surface area contributed by atoms with E-state index in [1.165, 1.54) is 25.7 Å². The van der Waals surface area contributed by atoms with Gasteiger partial charge in [0.2, 0.25) is 0 Å². The van der Waals surface area contributed by atoms with Gasteiger partial charge >= 0.3 is 0 Å². The van der Waals surface area contributed by atoms with Crippen LogP contribution < -0.4 is 4.74 Å². The summed E-state index contributed by atoms with van der Waals surface area (Å²) in [6.45, 7) is 0.831. The molecular weight excluding hydrogens is 306 g/mol. The van der Waals surface area contributed by atoms with Gasteiger partial charge in [0.15, 0.2) is 0 Å². The minimum Gasteiger partial charge on any atom is -0.489 e. The molecule has 1 unspecified atom stereocenters. The lowest BCUT2D eigenvalue weighted by Crippen LogP contribution is -2.41. The summed E-state index contributed by atoms with van der Waals surface area (Å²) in [6.07, 6.45) is 9.13. The smallest absolute Gasteiger partial charge is 0.138 e. The van der Waals surface area contributed by atoms with Crippen LogP contribution in [0.3, 0.4) is 0 Å². The highest BCUT2D eigenvalue weighted by atomic mass is 79.9. The second-order valence-electron chi connectivity index (χ2n) is 5.59. The van der Waals surface area contributed by atoms with Gasteiger partial charge in [-0.25, -0.2) is 0 Å². The Morgan fingerprint density at radius 1 is 1.37 bits per heavy atom. The number of rotatable bonds is 3. The van der Waals surface area contributed by atoms with E-state index in [0.29, 0.717) is 0 Å². The zero-order chi connectivity index (χ0) is 13.1. The molecule has 2 fully saturated rings. The van der Waals surface area contributed by atoms with Crippen LogP contribution in [-0.2, 0) is 10.1 Å². The largest absolute Gasteiger partial charge is 0.489 e. The fourth-order valence-corrected chi connectivity index (χ4v) is 3.54. The van der Waals surface area contributed by atoms with Crippen molar-refractivity contribution in [2.75, 3.05) is 6.61 Å². The Hall–Kier alpha value is -0.610. The first-order chi connectivity index (χ1) is 9.30. The van der Waals surface area contributed by atoms with Crippen molar-refractivity contribution in [3.8, 4) is 5.75 Å². The number of hydrogen-bond acceptors (Lipinski definition) is 3. The quantitative estimate of drug-likeness (QED) is 0.791. The molecule has 0 bridgehead atoms. The Labute approximate surface area is 122 Å². The van der Waals surface area contributed by atoms with Crippen LogP contribution in [0.2, 0.25) is 0 Å². The van der Waals surface area contributed by atoms with Crippen molar-refractivity contribution in [2.24, 2.45) is 0 Å². The minimum atomic E-state index is 0.117. The van der Waals surface area contributed by atoms with Gasteiger partial charge < -0.3 is 9.47 Å². The van der Waals surface area contributed by atoms with Crippen LogP contribution in [-0.4, -0.2) is 23.3 Å². The number of alkyl halides is 1. The molecule has 104 valence electrons. The molecule has 0 N–H and O–H groups in total. The summed E-state index contributed by atoms with van der Waals surface area (Å²) in [4.78, 5) is 4.35. The number of pyridine rings is 1. The molecule has 1 aliphatic heterocycles. The zero-order valence-electron chi connectivity index (χ0n) is 11.1. The second-order valence-corrected chi connectivity index (χ2v) is 6.15. The van der Waals surface area contributed by atoms with Crippen molar-refractivity contribution >= 4 is 15.9 Å². The summed E-state index contributed by atoms with van der Waals surface area (Å²) < 4.78 is 12.1. The third-order valence-corrected chi connectivity index (χ3v) is 4.77. The Morgan fingerprint density at radius 3 is 2.89 bits per heavy atom. The molecule has 1 saturated heterocycles. The van der Waals surface area contributed by atoms with E-state index in [4.69, 9.17) is 9.47 Å². The predicted molar refractivity (Wildman–Crippen MR) is 77.7 cm³/mol. The maximum absolute atomic E-state index is 6.08. The fourth-order valence-electron chi connectivity index (χ4n) is 3.20. The van der Waals surface area contributed by atoms with Gasteiger partial charge in [0.1, 0.15) is 11.9 Å². The highest BCUT2D eigenvalue weighted by Gasteiger charge is 2.40. The molecule has 1 atom stereocenters. The van der Waals surface area contributed by atoms with E-state index in [0.717, 1.165) is 36.2 Å². The summed E-state index contributed by atoms with van der Waals surface area (Å²) in [5.41, 5.74) is 1.15. The molecule has 2 heterocycles. The van der Waals surface area contributed by atoms with E-state index in [9.17, 15) is 0 Å². The number of halogens is 1. The molecule has 1 aromatic rings. The van der Waals surface area contributed by atoms with Crippen molar-refractivity contribution in [3.63, 3.8) is 0 Å². The Kier molecular flexibility index (Phi) is 4.08. The molecule has 3 rings (SSSR count). The molecular formula is C15H20BrNO2. The van der Waals surface area contributed by atoms with Crippen molar-refractivity contribution in [1.29, 1.82) is 0 Å². The molecule has 1 aromatic heterocycles. The van der Waals surface area contributed by atoms with Gasteiger partial charge in [-0.15, -0.1) is 0 Å². The molecule has 1 spiro atoms. The van der Waals surface area contributed by atoms with Gasteiger partial charge in [-0.1, -0.05) is 28.8 Å². The van der Waals surface area contributed by atoms with Gasteiger partial charge in [-0.2, -0.15) is 0 Å². The summed E-state index contributed by atoms with van der Waals surface area (Å²) in [5.74, 6) is 0.879. The van der Waals surface area contributed by atoms with Crippen molar-refractivity contribution in [3.05, 3.63) is 24.0 Å². The lowest BCUT2D eigenvalue weighted by atomic mass is 9.90. The topological polar surface area (TPSA) is 31.4 Å². The first-order valence-corrected chi connectivity index (χ1v) is 8.23. The summed E-state index contributed by atoms with van der Waals surface area (Å²) in [5, 5.41) is 0.785. The number of hydrogen-bond donors (Lipinski definition) is 0. The molecule has 3 nitrogen and oxygen atoms in total. The van der Waals surface area contributed by atoms with Crippen LogP contribution >= 0.6 is 15.9 Å². The van der Waals surface area contributed by atoms with Gasteiger partial charge in [0.05, 0.1) is 24.1 Å². The lowest BCUT2D eigenvalue weighted by Gasteiger charge is -2.38. The van der Waals surface area contributed by atoms with Gasteiger partial charge in [-0.05, 0) is 25.0 Å². The molecule has 0 aromatic carbocycles. The predicted octanol–water partition coefficient (Wildman–Crippen LogP) is 3.85. The molecule has 2 aliphatic rings. The van der Waals surface area contributed by atoms with E-state index in [1.54, 1.807) is 0 Å². The van der Waals surface area contributed by atoms with Crippen LogP contribution in [0.5, 0.6) is 5.75 Å². The van der Waals surface area contributed by atoms with Crippen LogP contribution in [0.1, 0.15) is 44.2 Å². The maximum Gasteiger partial charge on any atom is 0.138 e. The first kappa shape index (κ1) is 13.4. The highest BCUT2D eigenvalue weighted by Crippen LogP contribution is 2.40. The van der Waals surface area contributed by atoms with Gasteiger partial charge in [0.25, 0.3) is 0 Å². The summed E-state index contributed by atoms with van der Waals surface area (Å²) in [6, 6.07) is 4.02. The Bertz CT molecular complexity index is 415. The standard InChI is InChI=1S/C15H20BrNO2/c16-10-12-3-4-14(11-17-12)19-13-5-8-18-15(9-13)6-1-2-7-15/h3-4,11,13H,1-2,5-10H2. The minimum absolute atomic E-state index is 0.117. The maximum atomic E-state index is 6.08. The zero-order valence-corrected chi connectivity index (χ0v) is 12.7. The number of nitrogens with zero attached hydrogens (tertiary/aromatic N) is 1. The Balaban J connectivity index is 1.62. The van der Waals surface area contributed by atoms with E-state index < -0.39 is 0 Å². The van der Waals surface area contributed by atoms with E-state index in [1.807, 2.05) is 18.3 Å². The normalized spacial score (nSPS) is 25.6. The average molecular weight is 326 g/mol. The number of aromatic nitrogens is 1. The number of ether oxygens (including phenoxy) is 2. The highest BCUT2D eigenvalue weighted by molar-refractivity contribution is 9.08. The molecule has 1 saturated carbocycles. The van der Waals surface area contributed by atoms with Gasteiger partial charge in [-0.3, -0.25) is 4.98 Å². The summed E-state index contributed by atoms with van der Waals surface area (Å²) in [7, 11) is 0. The lowest BCUT2D eigenvalue weighted by molar-refractivity contribution is -0.108. The summed E-state index contributed by atoms with van der Waals surface area (Å²) >= 11 is 3.40.